The standard InChI is InChI=1S/C16H27NO3S/c1-6-12(3)21(18)11-15(17-7-2)14-9-8-13(19-4)10-16(14)20-5/h8-10,12,15,17H,6-7,11H2,1-5H3. The topological polar surface area (TPSA) is 47.6 Å². The van der Waals surface area contributed by atoms with E-state index in [-0.39, 0.29) is 11.3 Å². The van der Waals surface area contributed by atoms with E-state index in [2.05, 4.69) is 19.2 Å². The summed E-state index contributed by atoms with van der Waals surface area (Å²) in [4.78, 5) is 0. The Kier molecular flexibility index (Phi) is 7.75. The zero-order valence-electron chi connectivity index (χ0n) is 13.6. The highest BCUT2D eigenvalue weighted by molar-refractivity contribution is 7.85. The van der Waals surface area contributed by atoms with Gasteiger partial charge in [0.25, 0.3) is 0 Å². The third-order valence-electron chi connectivity index (χ3n) is 3.62. The van der Waals surface area contributed by atoms with Gasteiger partial charge in [-0.15, -0.1) is 0 Å². The van der Waals surface area contributed by atoms with Gasteiger partial charge < -0.3 is 14.8 Å². The molecular formula is C16H27NO3S. The van der Waals surface area contributed by atoms with E-state index in [1.807, 2.05) is 25.1 Å². The number of methoxy groups -OCH3 is 2. The first kappa shape index (κ1) is 18.0. The Hall–Kier alpha value is -1.07. The first-order valence-electron chi connectivity index (χ1n) is 7.39. The van der Waals surface area contributed by atoms with Crippen molar-refractivity contribution in [3.8, 4) is 11.5 Å². The molecule has 0 spiro atoms. The number of benzene rings is 1. The van der Waals surface area contributed by atoms with Crippen molar-refractivity contribution >= 4 is 10.8 Å². The van der Waals surface area contributed by atoms with Crippen LogP contribution in [-0.4, -0.2) is 36.0 Å². The van der Waals surface area contributed by atoms with Crippen molar-refractivity contribution < 1.29 is 13.7 Å². The van der Waals surface area contributed by atoms with E-state index in [1.54, 1.807) is 14.2 Å². The van der Waals surface area contributed by atoms with Gasteiger partial charge in [-0.05, 0) is 19.0 Å². The molecule has 1 N–H and O–H groups in total. The molecule has 0 radical (unpaired) electrons. The SMILES string of the molecule is CCNC(CS(=O)C(C)CC)c1ccc(OC)cc1OC. The van der Waals surface area contributed by atoms with Crippen LogP contribution in [-0.2, 0) is 10.8 Å². The van der Waals surface area contributed by atoms with Crippen molar-refractivity contribution in [3.05, 3.63) is 23.8 Å². The smallest absolute Gasteiger partial charge is 0.127 e. The minimum Gasteiger partial charge on any atom is -0.497 e. The predicted octanol–water partition coefficient (Wildman–Crippen LogP) is 2.90. The van der Waals surface area contributed by atoms with Crippen molar-refractivity contribution in [1.29, 1.82) is 0 Å². The highest BCUT2D eigenvalue weighted by Gasteiger charge is 2.20. The number of ether oxygens (including phenoxy) is 2. The van der Waals surface area contributed by atoms with Crippen LogP contribution in [0.1, 0.15) is 38.8 Å². The van der Waals surface area contributed by atoms with Crippen molar-refractivity contribution in [1.82, 2.24) is 5.32 Å². The van der Waals surface area contributed by atoms with Crippen LogP contribution in [0.25, 0.3) is 0 Å². The first-order valence-corrected chi connectivity index (χ1v) is 8.77. The molecule has 3 unspecified atom stereocenters. The summed E-state index contributed by atoms with van der Waals surface area (Å²) in [6, 6.07) is 5.78. The number of hydrogen-bond acceptors (Lipinski definition) is 4. The zero-order valence-corrected chi connectivity index (χ0v) is 14.5. The van der Waals surface area contributed by atoms with Crippen LogP contribution in [0, 0.1) is 0 Å². The summed E-state index contributed by atoms with van der Waals surface area (Å²) in [7, 11) is 2.42. The Labute approximate surface area is 130 Å². The van der Waals surface area contributed by atoms with Crippen LogP contribution < -0.4 is 14.8 Å². The maximum absolute atomic E-state index is 12.4. The number of hydrogen-bond donors (Lipinski definition) is 1. The van der Waals surface area contributed by atoms with Gasteiger partial charge >= 0.3 is 0 Å². The molecule has 0 aliphatic heterocycles. The Bertz CT molecular complexity index is 465. The largest absolute Gasteiger partial charge is 0.497 e. The molecule has 3 atom stereocenters. The summed E-state index contributed by atoms with van der Waals surface area (Å²) < 4.78 is 23.1. The molecule has 0 saturated heterocycles. The van der Waals surface area contributed by atoms with Gasteiger partial charge in [0, 0.05) is 39.5 Å². The molecule has 1 aromatic rings. The fourth-order valence-electron chi connectivity index (χ4n) is 2.13. The second-order valence-corrected chi connectivity index (χ2v) is 6.88. The monoisotopic (exact) mass is 313 g/mol. The first-order chi connectivity index (χ1) is 10.1. The lowest BCUT2D eigenvalue weighted by Crippen LogP contribution is -2.29. The van der Waals surface area contributed by atoms with Gasteiger partial charge in [0.1, 0.15) is 11.5 Å². The Morgan fingerprint density at radius 3 is 2.48 bits per heavy atom. The maximum atomic E-state index is 12.4. The van der Waals surface area contributed by atoms with E-state index >= 15 is 0 Å². The lowest BCUT2D eigenvalue weighted by Gasteiger charge is -2.22. The van der Waals surface area contributed by atoms with Crippen molar-refractivity contribution in [2.45, 2.75) is 38.5 Å². The van der Waals surface area contributed by atoms with Crippen LogP contribution in [0.5, 0.6) is 11.5 Å². The van der Waals surface area contributed by atoms with Gasteiger partial charge in [0.05, 0.1) is 14.2 Å². The predicted molar refractivity (Wildman–Crippen MR) is 88.7 cm³/mol. The molecule has 0 heterocycles. The molecular weight excluding hydrogens is 286 g/mol. The molecule has 0 saturated carbocycles. The molecule has 0 aliphatic rings. The van der Waals surface area contributed by atoms with E-state index in [4.69, 9.17) is 9.47 Å². The second kappa shape index (κ2) is 9.05. The summed E-state index contributed by atoms with van der Waals surface area (Å²) in [6.07, 6.45) is 0.922. The van der Waals surface area contributed by atoms with Crippen LogP contribution >= 0.6 is 0 Å². The van der Waals surface area contributed by atoms with E-state index in [0.29, 0.717) is 5.75 Å². The van der Waals surface area contributed by atoms with Crippen LogP contribution in [0.15, 0.2) is 18.2 Å². The molecule has 1 rings (SSSR count). The molecule has 1 aromatic carbocycles. The van der Waals surface area contributed by atoms with Gasteiger partial charge in [-0.1, -0.05) is 26.8 Å². The number of rotatable bonds is 9. The Balaban J connectivity index is 3.02. The molecule has 21 heavy (non-hydrogen) atoms. The summed E-state index contributed by atoms with van der Waals surface area (Å²) in [5.41, 5.74) is 1.02. The summed E-state index contributed by atoms with van der Waals surface area (Å²) >= 11 is 0. The highest BCUT2D eigenvalue weighted by atomic mass is 32.2. The van der Waals surface area contributed by atoms with Crippen molar-refractivity contribution in [2.75, 3.05) is 26.5 Å². The minimum atomic E-state index is -0.864. The van der Waals surface area contributed by atoms with E-state index in [1.165, 1.54) is 0 Å². The molecule has 0 amide bonds. The van der Waals surface area contributed by atoms with Gasteiger partial charge in [-0.25, -0.2) is 0 Å². The summed E-state index contributed by atoms with van der Waals surface area (Å²) in [5.74, 6) is 2.11. The normalized spacial score (nSPS) is 15.3. The molecule has 5 heteroatoms. The summed E-state index contributed by atoms with van der Waals surface area (Å²) in [6.45, 7) is 6.97. The average Bonchev–Trinajstić information content (AvgIpc) is 2.52. The molecule has 0 fully saturated rings. The third-order valence-corrected chi connectivity index (χ3v) is 5.51. The van der Waals surface area contributed by atoms with Gasteiger partial charge in [0.15, 0.2) is 0 Å². The van der Waals surface area contributed by atoms with E-state index in [9.17, 15) is 4.21 Å². The lowest BCUT2D eigenvalue weighted by molar-refractivity contribution is 0.386. The Morgan fingerprint density at radius 2 is 1.95 bits per heavy atom. The average molecular weight is 313 g/mol. The highest BCUT2D eigenvalue weighted by Crippen LogP contribution is 2.30. The molecule has 120 valence electrons. The molecule has 0 aromatic heterocycles. The molecule has 0 bridgehead atoms. The van der Waals surface area contributed by atoms with Crippen LogP contribution in [0.2, 0.25) is 0 Å². The van der Waals surface area contributed by atoms with Crippen LogP contribution in [0.3, 0.4) is 0 Å². The lowest BCUT2D eigenvalue weighted by atomic mass is 10.1. The molecule has 4 nitrogen and oxygen atoms in total. The molecule has 0 aliphatic carbocycles. The van der Waals surface area contributed by atoms with Gasteiger partial charge in [-0.2, -0.15) is 0 Å². The van der Waals surface area contributed by atoms with Crippen molar-refractivity contribution in [3.63, 3.8) is 0 Å². The zero-order chi connectivity index (χ0) is 15.8. The number of nitrogens with one attached hydrogen (secondary N) is 1. The fraction of sp³-hybridized carbons (Fsp3) is 0.625. The van der Waals surface area contributed by atoms with Gasteiger partial charge in [0.2, 0.25) is 0 Å². The van der Waals surface area contributed by atoms with Crippen molar-refractivity contribution in [2.24, 2.45) is 0 Å². The third kappa shape index (κ3) is 5.00. The fourth-order valence-corrected chi connectivity index (χ4v) is 3.45. The van der Waals surface area contributed by atoms with E-state index < -0.39 is 10.8 Å². The van der Waals surface area contributed by atoms with Crippen LogP contribution in [0.4, 0.5) is 0 Å². The van der Waals surface area contributed by atoms with E-state index in [0.717, 1.165) is 30.0 Å². The Morgan fingerprint density at radius 1 is 1.24 bits per heavy atom. The van der Waals surface area contributed by atoms with Gasteiger partial charge in [-0.3, -0.25) is 4.21 Å². The minimum absolute atomic E-state index is 0.0192. The quantitative estimate of drug-likeness (QED) is 0.761. The summed E-state index contributed by atoms with van der Waals surface area (Å²) in [5, 5.41) is 3.61. The maximum Gasteiger partial charge on any atom is 0.127 e. The second-order valence-electron chi connectivity index (χ2n) is 4.98.